The van der Waals surface area contributed by atoms with Crippen molar-refractivity contribution in [3.8, 4) is 0 Å². The normalized spacial score (nSPS) is 11.7. The lowest BCUT2D eigenvalue weighted by atomic mass is 10.2. The second kappa shape index (κ2) is 7.42. The van der Waals surface area contributed by atoms with Gasteiger partial charge >= 0.3 is 0 Å². The van der Waals surface area contributed by atoms with Gasteiger partial charge < -0.3 is 5.32 Å². The number of thiazole rings is 1. The molecule has 0 atom stereocenters. The maximum atomic E-state index is 12.3. The largest absolute Gasteiger partial charge is 0.347 e. The van der Waals surface area contributed by atoms with Crippen LogP contribution >= 0.6 is 11.3 Å². The van der Waals surface area contributed by atoms with Gasteiger partial charge in [-0.3, -0.25) is 4.79 Å². The molecule has 2 rings (SSSR count). The Hall–Kier alpha value is -1.77. The number of rotatable bonds is 6. The van der Waals surface area contributed by atoms with Crippen molar-refractivity contribution < 1.29 is 13.2 Å². The molecule has 0 aliphatic carbocycles. The number of aromatic nitrogens is 1. The van der Waals surface area contributed by atoms with E-state index < -0.39 is 10.0 Å². The van der Waals surface area contributed by atoms with E-state index in [-0.39, 0.29) is 23.3 Å². The molecule has 0 aliphatic rings. The average Bonchev–Trinajstić information content (AvgIpc) is 2.95. The number of nitrogens with one attached hydrogen (secondary N) is 2. The molecule has 0 radical (unpaired) electrons. The predicted octanol–water partition coefficient (Wildman–Crippen LogP) is 2.41. The van der Waals surface area contributed by atoms with Gasteiger partial charge in [0.15, 0.2) is 0 Å². The maximum absolute atomic E-state index is 12.3. The summed E-state index contributed by atoms with van der Waals surface area (Å²) in [6.07, 6.45) is 0. The van der Waals surface area contributed by atoms with Crippen LogP contribution in [0.5, 0.6) is 0 Å². The molecule has 0 fully saturated rings. The minimum absolute atomic E-state index is 0.174. The summed E-state index contributed by atoms with van der Waals surface area (Å²) in [6.45, 7) is 6.14. The number of carbonyl (C=O) groups is 1. The van der Waals surface area contributed by atoms with E-state index >= 15 is 0 Å². The van der Waals surface area contributed by atoms with E-state index in [1.807, 2.05) is 20.8 Å². The summed E-state index contributed by atoms with van der Waals surface area (Å²) >= 11 is 1.39. The van der Waals surface area contributed by atoms with E-state index in [2.05, 4.69) is 15.0 Å². The molecule has 1 aromatic carbocycles. The zero-order valence-corrected chi connectivity index (χ0v) is 15.7. The van der Waals surface area contributed by atoms with Crippen LogP contribution < -0.4 is 10.0 Å². The molecule has 0 aliphatic heterocycles. The fourth-order valence-electron chi connectivity index (χ4n) is 2.08. The molecule has 0 bridgehead atoms. The molecule has 0 spiro atoms. The van der Waals surface area contributed by atoms with Crippen LogP contribution in [0.1, 0.15) is 45.7 Å². The summed E-state index contributed by atoms with van der Waals surface area (Å²) in [5.74, 6) is 0.0810. The van der Waals surface area contributed by atoms with Crippen LogP contribution in [0.25, 0.3) is 0 Å². The highest BCUT2D eigenvalue weighted by molar-refractivity contribution is 7.89. The Labute approximate surface area is 146 Å². The van der Waals surface area contributed by atoms with Gasteiger partial charge in [0.2, 0.25) is 10.0 Å². The molecule has 6 nitrogen and oxygen atoms in total. The highest BCUT2D eigenvalue weighted by atomic mass is 32.2. The van der Waals surface area contributed by atoms with Gasteiger partial charge in [0, 0.05) is 12.5 Å². The van der Waals surface area contributed by atoms with Crippen LogP contribution in [-0.2, 0) is 16.6 Å². The van der Waals surface area contributed by atoms with Crippen molar-refractivity contribution in [3.63, 3.8) is 0 Å². The third kappa shape index (κ3) is 4.19. The molecule has 2 aromatic rings. The molecule has 1 amide bonds. The van der Waals surface area contributed by atoms with E-state index in [0.717, 1.165) is 5.01 Å². The van der Waals surface area contributed by atoms with E-state index in [0.29, 0.717) is 16.1 Å². The molecule has 130 valence electrons. The third-order valence-corrected chi connectivity index (χ3v) is 6.31. The number of benzene rings is 1. The van der Waals surface area contributed by atoms with Crippen molar-refractivity contribution in [2.45, 2.75) is 38.1 Å². The smallest absolute Gasteiger partial charge is 0.263 e. The lowest BCUT2D eigenvalue weighted by Crippen LogP contribution is -2.23. The van der Waals surface area contributed by atoms with Gasteiger partial charge in [0.25, 0.3) is 5.91 Å². The van der Waals surface area contributed by atoms with Crippen LogP contribution in [-0.4, -0.2) is 26.4 Å². The van der Waals surface area contributed by atoms with Gasteiger partial charge in [-0.1, -0.05) is 26.0 Å². The van der Waals surface area contributed by atoms with Crippen LogP contribution in [0, 0.1) is 6.92 Å². The van der Waals surface area contributed by atoms with E-state index in [1.54, 1.807) is 18.2 Å². The quantitative estimate of drug-likeness (QED) is 0.821. The SMILES string of the molecule is CNS(=O)(=O)c1cccc(CNC(=O)c2sc(C(C)C)nc2C)c1. The third-order valence-electron chi connectivity index (χ3n) is 3.44. The summed E-state index contributed by atoms with van der Waals surface area (Å²) in [4.78, 5) is 17.5. The average molecular weight is 367 g/mol. The Bertz CT molecular complexity index is 842. The van der Waals surface area contributed by atoms with E-state index in [4.69, 9.17) is 0 Å². The van der Waals surface area contributed by atoms with Gasteiger partial charge in [-0.2, -0.15) is 0 Å². The second-order valence-electron chi connectivity index (χ2n) is 5.66. The second-order valence-corrected chi connectivity index (χ2v) is 8.58. The highest BCUT2D eigenvalue weighted by Gasteiger charge is 2.17. The lowest BCUT2D eigenvalue weighted by Gasteiger charge is -2.07. The maximum Gasteiger partial charge on any atom is 0.263 e. The first-order valence-electron chi connectivity index (χ1n) is 7.52. The summed E-state index contributed by atoms with van der Waals surface area (Å²) in [6, 6.07) is 6.49. The number of sulfonamides is 1. The topological polar surface area (TPSA) is 88.2 Å². The Morgan fingerprint density at radius 3 is 2.62 bits per heavy atom. The van der Waals surface area contributed by atoms with E-state index in [1.165, 1.54) is 24.5 Å². The molecular weight excluding hydrogens is 346 g/mol. The van der Waals surface area contributed by atoms with Gasteiger partial charge in [-0.05, 0) is 31.7 Å². The number of hydrogen-bond acceptors (Lipinski definition) is 5. The van der Waals surface area contributed by atoms with E-state index in [9.17, 15) is 13.2 Å². The zero-order chi connectivity index (χ0) is 17.9. The van der Waals surface area contributed by atoms with Gasteiger partial charge in [0.05, 0.1) is 15.6 Å². The van der Waals surface area contributed by atoms with Crippen molar-refractivity contribution in [1.82, 2.24) is 15.0 Å². The fraction of sp³-hybridized carbons (Fsp3) is 0.375. The number of carbonyl (C=O) groups excluding carboxylic acids is 1. The Kier molecular flexibility index (Phi) is 5.74. The molecule has 0 saturated heterocycles. The van der Waals surface area contributed by atoms with Crippen molar-refractivity contribution in [2.24, 2.45) is 0 Å². The molecule has 0 unspecified atom stereocenters. The number of nitrogens with zero attached hydrogens (tertiary/aromatic N) is 1. The van der Waals surface area contributed by atoms with Gasteiger partial charge in [-0.25, -0.2) is 18.1 Å². The summed E-state index contributed by atoms with van der Waals surface area (Å²) < 4.78 is 25.9. The van der Waals surface area contributed by atoms with Crippen LogP contribution in [0.2, 0.25) is 0 Å². The van der Waals surface area contributed by atoms with Crippen molar-refractivity contribution >= 4 is 27.3 Å². The monoisotopic (exact) mass is 367 g/mol. The van der Waals surface area contributed by atoms with Crippen LogP contribution in [0.3, 0.4) is 0 Å². The minimum atomic E-state index is -3.49. The van der Waals surface area contributed by atoms with Gasteiger partial charge in [0.1, 0.15) is 4.88 Å². The van der Waals surface area contributed by atoms with Crippen LogP contribution in [0.4, 0.5) is 0 Å². The van der Waals surface area contributed by atoms with Crippen molar-refractivity contribution in [3.05, 3.63) is 45.4 Å². The molecule has 24 heavy (non-hydrogen) atoms. The standard InChI is InChI=1S/C16H21N3O3S2/c1-10(2)16-19-11(3)14(23-16)15(20)18-9-12-6-5-7-13(8-12)24(21,22)17-4/h5-8,10,17H,9H2,1-4H3,(H,18,20). The molecule has 1 heterocycles. The number of aryl methyl sites for hydroxylation is 1. The zero-order valence-electron chi connectivity index (χ0n) is 14.1. The first-order valence-corrected chi connectivity index (χ1v) is 9.82. The molecule has 0 saturated carbocycles. The Balaban J connectivity index is 2.11. The Morgan fingerprint density at radius 2 is 2.04 bits per heavy atom. The molecule has 2 N–H and O–H groups in total. The summed E-state index contributed by atoms with van der Waals surface area (Å²) in [7, 11) is -2.13. The fourth-order valence-corrected chi connectivity index (χ4v) is 3.86. The lowest BCUT2D eigenvalue weighted by molar-refractivity contribution is 0.0954. The number of hydrogen-bond donors (Lipinski definition) is 2. The minimum Gasteiger partial charge on any atom is -0.347 e. The van der Waals surface area contributed by atoms with Crippen LogP contribution in [0.15, 0.2) is 29.2 Å². The Morgan fingerprint density at radius 1 is 1.33 bits per heavy atom. The van der Waals surface area contributed by atoms with Crippen molar-refractivity contribution in [2.75, 3.05) is 7.05 Å². The first-order chi connectivity index (χ1) is 11.2. The first kappa shape index (κ1) is 18.6. The molecule has 1 aromatic heterocycles. The summed E-state index contributed by atoms with van der Waals surface area (Å²) in [5, 5.41) is 3.75. The van der Waals surface area contributed by atoms with Gasteiger partial charge in [-0.15, -0.1) is 11.3 Å². The molecule has 8 heteroatoms. The summed E-state index contributed by atoms with van der Waals surface area (Å²) in [5.41, 5.74) is 1.43. The number of amides is 1. The van der Waals surface area contributed by atoms with Crippen molar-refractivity contribution in [1.29, 1.82) is 0 Å². The molecular formula is C16H21N3O3S2. The predicted molar refractivity (Wildman–Crippen MR) is 94.8 cm³/mol. The highest BCUT2D eigenvalue weighted by Crippen LogP contribution is 2.24.